The largest absolute Gasteiger partial charge is 0.378 e. The van der Waals surface area contributed by atoms with Crippen molar-refractivity contribution < 1.29 is 9.26 Å². The molecule has 0 aliphatic carbocycles. The summed E-state index contributed by atoms with van der Waals surface area (Å²) in [7, 11) is 0. The van der Waals surface area contributed by atoms with Gasteiger partial charge in [0.2, 0.25) is 5.89 Å². The van der Waals surface area contributed by atoms with E-state index in [0.29, 0.717) is 12.0 Å². The van der Waals surface area contributed by atoms with Gasteiger partial charge >= 0.3 is 0 Å². The average molecular weight is 294 g/mol. The van der Waals surface area contributed by atoms with Crippen LogP contribution < -0.4 is 0 Å². The average Bonchev–Trinajstić information content (AvgIpc) is 2.86. The zero-order valence-electron chi connectivity index (χ0n) is 13.1. The maximum atomic E-state index is 5.63. The highest BCUT2D eigenvalue weighted by molar-refractivity contribution is 4.86. The van der Waals surface area contributed by atoms with Gasteiger partial charge in [0.25, 0.3) is 0 Å². The molecule has 1 aromatic rings. The number of hydrogen-bond acceptors (Lipinski definition) is 6. The van der Waals surface area contributed by atoms with E-state index in [1.807, 2.05) is 6.92 Å². The SMILES string of the molecule is Cc1nc(CN2CCN(CC3CCOC(C)C3)CC2)no1. The van der Waals surface area contributed by atoms with E-state index >= 15 is 0 Å². The van der Waals surface area contributed by atoms with E-state index in [-0.39, 0.29) is 0 Å². The van der Waals surface area contributed by atoms with Gasteiger partial charge in [0.1, 0.15) is 0 Å². The Bertz CT molecular complexity index is 443. The van der Waals surface area contributed by atoms with E-state index < -0.39 is 0 Å². The molecule has 2 fully saturated rings. The van der Waals surface area contributed by atoms with Crippen molar-refractivity contribution in [2.45, 2.75) is 39.3 Å². The van der Waals surface area contributed by atoms with Crippen LogP contribution in [0.1, 0.15) is 31.5 Å². The highest BCUT2D eigenvalue weighted by Crippen LogP contribution is 2.21. The zero-order valence-corrected chi connectivity index (χ0v) is 13.1. The molecule has 0 aromatic carbocycles. The lowest BCUT2D eigenvalue weighted by atomic mass is 9.95. The molecule has 118 valence electrons. The number of aryl methyl sites for hydroxylation is 1. The number of aromatic nitrogens is 2. The third-order valence-electron chi connectivity index (χ3n) is 4.51. The molecule has 1 aromatic heterocycles. The molecule has 6 heteroatoms. The number of nitrogens with zero attached hydrogens (tertiary/aromatic N) is 4. The molecule has 0 amide bonds. The molecule has 0 bridgehead atoms. The molecule has 6 nitrogen and oxygen atoms in total. The third-order valence-corrected chi connectivity index (χ3v) is 4.51. The molecule has 3 heterocycles. The summed E-state index contributed by atoms with van der Waals surface area (Å²) in [4.78, 5) is 9.29. The standard InChI is InChI=1S/C15H26N4O2/c1-12-9-14(3-8-20-12)10-18-4-6-19(7-5-18)11-15-16-13(2)21-17-15/h12,14H,3-11H2,1-2H3. The van der Waals surface area contributed by atoms with Crippen LogP contribution in [0, 0.1) is 12.8 Å². The van der Waals surface area contributed by atoms with Crippen LogP contribution in [0.3, 0.4) is 0 Å². The van der Waals surface area contributed by atoms with Gasteiger partial charge < -0.3 is 14.2 Å². The predicted molar refractivity (Wildman–Crippen MR) is 78.9 cm³/mol. The van der Waals surface area contributed by atoms with E-state index in [0.717, 1.165) is 51.1 Å². The van der Waals surface area contributed by atoms with Crippen molar-refractivity contribution in [2.24, 2.45) is 5.92 Å². The second kappa shape index (κ2) is 6.85. The first-order valence-corrected chi connectivity index (χ1v) is 8.04. The summed E-state index contributed by atoms with van der Waals surface area (Å²) in [5.74, 6) is 2.26. The number of hydrogen-bond donors (Lipinski definition) is 0. The fourth-order valence-corrected chi connectivity index (χ4v) is 3.36. The van der Waals surface area contributed by atoms with Gasteiger partial charge in [0.05, 0.1) is 12.6 Å². The van der Waals surface area contributed by atoms with Gasteiger partial charge in [0.15, 0.2) is 5.82 Å². The molecule has 0 N–H and O–H groups in total. The maximum absolute atomic E-state index is 5.63. The van der Waals surface area contributed by atoms with Crippen molar-refractivity contribution in [2.75, 3.05) is 39.3 Å². The van der Waals surface area contributed by atoms with Crippen molar-refractivity contribution >= 4 is 0 Å². The summed E-state index contributed by atoms with van der Waals surface area (Å²) in [5, 5.41) is 3.98. The normalized spacial score (nSPS) is 28.9. The molecule has 2 aliphatic heterocycles. The Morgan fingerprint density at radius 2 is 1.95 bits per heavy atom. The number of piperazine rings is 1. The molecule has 2 aliphatic rings. The Hall–Kier alpha value is -0.980. The van der Waals surface area contributed by atoms with Gasteiger partial charge in [-0.25, -0.2) is 0 Å². The van der Waals surface area contributed by atoms with Crippen molar-refractivity contribution in [3.05, 3.63) is 11.7 Å². The quantitative estimate of drug-likeness (QED) is 0.834. The van der Waals surface area contributed by atoms with E-state index in [4.69, 9.17) is 9.26 Å². The highest BCUT2D eigenvalue weighted by Gasteiger charge is 2.24. The van der Waals surface area contributed by atoms with Crippen LogP contribution in [0.2, 0.25) is 0 Å². The Morgan fingerprint density at radius 3 is 2.62 bits per heavy atom. The Labute approximate surface area is 126 Å². The highest BCUT2D eigenvalue weighted by atomic mass is 16.5. The van der Waals surface area contributed by atoms with Crippen molar-refractivity contribution in [3.63, 3.8) is 0 Å². The summed E-state index contributed by atoms with van der Waals surface area (Å²) >= 11 is 0. The van der Waals surface area contributed by atoms with Crippen LogP contribution in [0.15, 0.2) is 4.52 Å². The molecular formula is C15H26N4O2. The molecule has 21 heavy (non-hydrogen) atoms. The smallest absolute Gasteiger partial charge is 0.223 e. The first-order valence-electron chi connectivity index (χ1n) is 8.04. The van der Waals surface area contributed by atoms with Gasteiger partial charge in [-0.2, -0.15) is 4.98 Å². The monoisotopic (exact) mass is 294 g/mol. The molecular weight excluding hydrogens is 268 g/mol. The zero-order chi connectivity index (χ0) is 14.7. The molecule has 0 radical (unpaired) electrons. The number of ether oxygens (including phenoxy) is 1. The lowest BCUT2D eigenvalue weighted by Gasteiger charge is -2.37. The summed E-state index contributed by atoms with van der Waals surface area (Å²) in [5.41, 5.74) is 0. The minimum atomic E-state index is 0.437. The van der Waals surface area contributed by atoms with Crippen molar-refractivity contribution in [3.8, 4) is 0 Å². The van der Waals surface area contributed by atoms with Gasteiger partial charge in [-0.15, -0.1) is 0 Å². The first kappa shape index (κ1) is 14.9. The fourth-order valence-electron chi connectivity index (χ4n) is 3.36. The summed E-state index contributed by atoms with van der Waals surface area (Å²) in [6, 6.07) is 0. The minimum Gasteiger partial charge on any atom is -0.378 e. The molecule has 2 atom stereocenters. The molecule has 2 saturated heterocycles. The molecule has 3 rings (SSSR count). The second-order valence-electron chi connectivity index (χ2n) is 6.38. The van der Waals surface area contributed by atoms with Crippen LogP contribution in [0.5, 0.6) is 0 Å². The van der Waals surface area contributed by atoms with Crippen LogP contribution >= 0.6 is 0 Å². The van der Waals surface area contributed by atoms with Gasteiger partial charge in [-0.1, -0.05) is 5.16 Å². The van der Waals surface area contributed by atoms with Crippen LogP contribution in [-0.2, 0) is 11.3 Å². The molecule has 2 unspecified atom stereocenters. The second-order valence-corrected chi connectivity index (χ2v) is 6.38. The lowest BCUT2D eigenvalue weighted by Crippen LogP contribution is -2.48. The van der Waals surface area contributed by atoms with Crippen LogP contribution in [0.25, 0.3) is 0 Å². The van der Waals surface area contributed by atoms with Crippen LogP contribution in [-0.4, -0.2) is 65.4 Å². The van der Waals surface area contributed by atoms with Gasteiger partial charge in [-0.3, -0.25) is 4.90 Å². The minimum absolute atomic E-state index is 0.437. The first-order chi connectivity index (χ1) is 10.2. The lowest BCUT2D eigenvalue weighted by molar-refractivity contribution is -0.00966. The fraction of sp³-hybridized carbons (Fsp3) is 0.867. The van der Waals surface area contributed by atoms with E-state index in [9.17, 15) is 0 Å². The van der Waals surface area contributed by atoms with Gasteiger partial charge in [-0.05, 0) is 25.7 Å². The Morgan fingerprint density at radius 1 is 1.19 bits per heavy atom. The van der Waals surface area contributed by atoms with Crippen molar-refractivity contribution in [1.29, 1.82) is 0 Å². The van der Waals surface area contributed by atoms with E-state index in [2.05, 4.69) is 26.9 Å². The summed E-state index contributed by atoms with van der Waals surface area (Å²) in [6.45, 7) is 11.5. The van der Waals surface area contributed by atoms with Crippen molar-refractivity contribution in [1.82, 2.24) is 19.9 Å². The van der Waals surface area contributed by atoms with E-state index in [1.165, 1.54) is 19.4 Å². The summed E-state index contributed by atoms with van der Waals surface area (Å²) < 4.78 is 10.7. The van der Waals surface area contributed by atoms with E-state index in [1.54, 1.807) is 0 Å². The Kier molecular flexibility index (Phi) is 4.87. The van der Waals surface area contributed by atoms with Gasteiger partial charge in [0, 0.05) is 46.3 Å². The molecule has 0 saturated carbocycles. The Balaban J connectivity index is 1.40. The van der Waals surface area contributed by atoms with Crippen LogP contribution in [0.4, 0.5) is 0 Å². The summed E-state index contributed by atoms with van der Waals surface area (Å²) in [6.07, 6.45) is 2.86. The maximum Gasteiger partial charge on any atom is 0.223 e. The predicted octanol–water partition coefficient (Wildman–Crippen LogP) is 1.31. The topological polar surface area (TPSA) is 54.6 Å². The third kappa shape index (κ3) is 4.25. The number of rotatable bonds is 4. The molecule has 0 spiro atoms.